The number of nitrogens with zero attached hydrogens (tertiary/aromatic N) is 1. The Bertz CT molecular complexity index is 312. The highest BCUT2D eigenvalue weighted by molar-refractivity contribution is 5.31. The van der Waals surface area contributed by atoms with Crippen molar-refractivity contribution in [3.63, 3.8) is 0 Å². The Balaban J connectivity index is 2.39. The molecule has 1 aromatic heterocycles. The summed E-state index contributed by atoms with van der Waals surface area (Å²) in [4.78, 5) is 4.02. The van der Waals surface area contributed by atoms with Crippen molar-refractivity contribution in [2.24, 2.45) is 5.73 Å². The zero-order valence-electron chi connectivity index (χ0n) is 8.66. The van der Waals surface area contributed by atoms with Crippen molar-refractivity contribution in [3.05, 3.63) is 30.1 Å². The minimum absolute atomic E-state index is 0.0318. The molecule has 14 heavy (non-hydrogen) atoms. The van der Waals surface area contributed by atoms with Crippen molar-refractivity contribution in [3.8, 4) is 0 Å². The third-order valence-electron chi connectivity index (χ3n) is 3.16. The molecule has 1 saturated heterocycles. The molecule has 0 aromatic carbocycles. The van der Waals surface area contributed by atoms with Gasteiger partial charge in [0.15, 0.2) is 0 Å². The Morgan fingerprint density at radius 2 is 1.93 bits per heavy atom. The van der Waals surface area contributed by atoms with Gasteiger partial charge in [0.1, 0.15) is 0 Å². The van der Waals surface area contributed by atoms with E-state index in [1.165, 1.54) is 5.56 Å². The maximum atomic E-state index is 6.21. The van der Waals surface area contributed by atoms with Crippen LogP contribution in [-0.4, -0.2) is 23.7 Å². The van der Waals surface area contributed by atoms with Crippen LogP contribution in [0.4, 0.5) is 0 Å². The van der Waals surface area contributed by atoms with Crippen molar-refractivity contribution in [1.82, 2.24) is 4.98 Å². The van der Waals surface area contributed by atoms with Gasteiger partial charge in [-0.3, -0.25) is 4.98 Å². The third-order valence-corrected chi connectivity index (χ3v) is 3.16. The highest BCUT2D eigenvalue weighted by Gasteiger charge is 2.50. The van der Waals surface area contributed by atoms with Gasteiger partial charge in [0.25, 0.3) is 0 Å². The van der Waals surface area contributed by atoms with E-state index in [0.29, 0.717) is 13.2 Å². The number of rotatable bonds is 2. The van der Waals surface area contributed by atoms with Gasteiger partial charge in [-0.1, -0.05) is 0 Å². The summed E-state index contributed by atoms with van der Waals surface area (Å²) in [6.45, 7) is 5.52. The fourth-order valence-electron chi connectivity index (χ4n) is 1.89. The summed E-state index contributed by atoms with van der Waals surface area (Å²) in [6, 6.07) is 4.05. The SMILES string of the molecule is CC(C)(N)C1(c2ccncc2)COC1. The lowest BCUT2D eigenvalue weighted by molar-refractivity contribution is -0.0919. The van der Waals surface area contributed by atoms with Gasteiger partial charge in [0.2, 0.25) is 0 Å². The van der Waals surface area contributed by atoms with Gasteiger partial charge in [-0.25, -0.2) is 0 Å². The van der Waals surface area contributed by atoms with E-state index in [-0.39, 0.29) is 11.0 Å². The predicted octanol–water partition coefficient (Wildman–Crippen LogP) is 1.09. The van der Waals surface area contributed by atoms with Crippen LogP contribution in [0, 0.1) is 0 Å². The number of hydrogen-bond donors (Lipinski definition) is 1. The molecule has 0 saturated carbocycles. The second-order valence-corrected chi connectivity index (χ2v) is 4.53. The van der Waals surface area contributed by atoms with Gasteiger partial charge < -0.3 is 10.5 Å². The summed E-state index contributed by atoms with van der Waals surface area (Å²) < 4.78 is 5.32. The topological polar surface area (TPSA) is 48.1 Å². The van der Waals surface area contributed by atoms with E-state index in [1.807, 2.05) is 12.1 Å². The van der Waals surface area contributed by atoms with Crippen LogP contribution in [0.15, 0.2) is 24.5 Å². The number of ether oxygens (including phenoxy) is 1. The molecular weight excluding hydrogens is 176 g/mol. The van der Waals surface area contributed by atoms with E-state index in [4.69, 9.17) is 10.5 Å². The van der Waals surface area contributed by atoms with Crippen LogP contribution in [0.3, 0.4) is 0 Å². The minimum Gasteiger partial charge on any atom is -0.379 e. The van der Waals surface area contributed by atoms with E-state index >= 15 is 0 Å². The zero-order valence-corrected chi connectivity index (χ0v) is 8.66. The molecular formula is C11H16N2O. The summed E-state index contributed by atoms with van der Waals surface area (Å²) in [5.74, 6) is 0. The average Bonchev–Trinajstić information content (AvgIpc) is 2.01. The van der Waals surface area contributed by atoms with Gasteiger partial charge in [0.05, 0.1) is 18.6 Å². The van der Waals surface area contributed by atoms with E-state index in [1.54, 1.807) is 12.4 Å². The molecule has 2 rings (SSSR count). The maximum Gasteiger partial charge on any atom is 0.0603 e. The average molecular weight is 192 g/mol. The predicted molar refractivity (Wildman–Crippen MR) is 55.0 cm³/mol. The molecule has 2 heterocycles. The summed E-state index contributed by atoms with van der Waals surface area (Å²) in [5, 5.41) is 0. The normalized spacial score (nSPS) is 20.2. The molecule has 0 aliphatic carbocycles. The number of aromatic nitrogens is 1. The Morgan fingerprint density at radius 3 is 2.29 bits per heavy atom. The molecule has 0 spiro atoms. The van der Waals surface area contributed by atoms with E-state index < -0.39 is 0 Å². The van der Waals surface area contributed by atoms with Crippen LogP contribution in [0.1, 0.15) is 19.4 Å². The maximum absolute atomic E-state index is 6.21. The van der Waals surface area contributed by atoms with Crippen LogP contribution in [0.2, 0.25) is 0 Å². The first-order valence-corrected chi connectivity index (χ1v) is 4.83. The third kappa shape index (κ3) is 1.24. The van der Waals surface area contributed by atoms with Crippen LogP contribution in [-0.2, 0) is 10.2 Å². The van der Waals surface area contributed by atoms with Crippen LogP contribution < -0.4 is 5.73 Å². The molecule has 0 radical (unpaired) electrons. The first kappa shape index (κ1) is 9.62. The van der Waals surface area contributed by atoms with E-state index in [9.17, 15) is 0 Å². The van der Waals surface area contributed by atoms with Crippen LogP contribution >= 0.6 is 0 Å². The Morgan fingerprint density at radius 1 is 1.36 bits per heavy atom. The minimum atomic E-state index is -0.257. The second kappa shape index (κ2) is 3.04. The Hall–Kier alpha value is -0.930. The fourth-order valence-corrected chi connectivity index (χ4v) is 1.89. The monoisotopic (exact) mass is 192 g/mol. The van der Waals surface area contributed by atoms with Crippen molar-refractivity contribution < 1.29 is 4.74 Å². The highest BCUT2D eigenvalue weighted by atomic mass is 16.5. The lowest BCUT2D eigenvalue weighted by atomic mass is 9.66. The summed E-state index contributed by atoms with van der Waals surface area (Å²) >= 11 is 0. The second-order valence-electron chi connectivity index (χ2n) is 4.53. The van der Waals surface area contributed by atoms with Crippen LogP contribution in [0.5, 0.6) is 0 Å². The molecule has 76 valence electrons. The smallest absolute Gasteiger partial charge is 0.0603 e. The van der Waals surface area contributed by atoms with E-state index in [2.05, 4.69) is 18.8 Å². The van der Waals surface area contributed by atoms with Crippen molar-refractivity contribution in [2.75, 3.05) is 13.2 Å². The molecule has 0 bridgehead atoms. The molecule has 1 aliphatic heterocycles. The molecule has 3 heteroatoms. The number of pyridine rings is 1. The van der Waals surface area contributed by atoms with Crippen molar-refractivity contribution in [1.29, 1.82) is 0 Å². The van der Waals surface area contributed by atoms with Gasteiger partial charge >= 0.3 is 0 Å². The molecule has 0 unspecified atom stereocenters. The molecule has 0 atom stereocenters. The summed E-state index contributed by atoms with van der Waals surface area (Å²) in [5.41, 5.74) is 7.15. The van der Waals surface area contributed by atoms with Crippen molar-refractivity contribution >= 4 is 0 Å². The largest absolute Gasteiger partial charge is 0.379 e. The van der Waals surface area contributed by atoms with Gasteiger partial charge in [-0.15, -0.1) is 0 Å². The molecule has 0 amide bonds. The van der Waals surface area contributed by atoms with Gasteiger partial charge in [-0.2, -0.15) is 0 Å². The van der Waals surface area contributed by atoms with Crippen molar-refractivity contribution in [2.45, 2.75) is 24.8 Å². The molecule has 1 aromatic rings. The summed E-state index contributed by atoms with van der Waals surface area (Å²) in [6.07, 6.45) is 3.61. The Labute approximate surface area is 84.3 Å². The van der Waals surface area contributed by atoms with E-state index in [0.717, 1.165) is 0 Å². The quantitative estimate of drug-likeness (QED) is 0.763. The number of nitrogens with two attached hydrogens (primary N) is 1. The van der Waals surface area contributed by atoms with Crippen LogP contribution in [0.25, 0.3) is 0 Å². The molecule has 1 fully saturated rings. The highest BCUT2D eigenvalue weighted by Crippen LogP contribution is 2.40. The lowest BCUT2D eigenvalue weighted by Gasteiger charge is -2.50. The molecule has 2 N–H and O–H groups in total. The fraction of sp³-hybridized carbons (Fsp3) is 0.545. The first-order chi connectivity index (χ1) is 6.56. The first-order valence-electron chi connectivity index (χ1n) is 4.83. The Kier molecular flexibility index (Phi) is 2.09. The van der Waals surface area contributed by atoms with Gasteiger partial charge in [-0.05, 0) is 31.5 Å². The molecule has 3 nitrogen and oxygen atoms in total. The zero-order chi connectivity index (χ0) is 10.2. The summed E-state index contributed by atoms with van der Waals surface area (Å²) in [7, 11) is 0. The standard InChI is InChI=1S/C11H16N2O/c1-10(2,12)11(7-14-8-11)9-3-5-13-6-4-9/h3-6H,7-8,12H2,1-2H3. The lowest BCUT2D eigenvalue weighted by Crippen LogP contribution is -2.64. The van der Waals surface area contributed by atoms with Gasteiger partial charge in [0, 0.05) is 17.9 Å². The molecule has 1 aliphatic rings. The number of hydrogen-bond acceptors (Lipinski definition) is 3.